The number of piperazine rings is 1. The molecule has 1 heterocycles. The molecule has 0 aliphatic carbocycles. The molecule has 21 heavy (non-hydrogen) atoms. The lowest BCUT2D eigenvalue weighted by atomic mass is 9.97. The predicted octanol–water partition coefficient (Wildman–Crippen LogP) is 4.08. The van der Waals surface area contributed by atoms with Crippen molar-refractivity contribution in [3.05, 3.63) is 34.6 Å². The maximum Gasteiger partial charge on any atom is 0.124 e. The quantitative estimate of drug-likeness (QED) is 0.881. The number of nitrogens with one attached hydrogen (secondary N) is 1. The Kier molecular flexibility index (Phi) is 6.03. The largest absolute Gasteiger partial charge is 0.311 e. The zero-order chi connectivity index (χ0) is 15.4. The average Bonchev–Trinajstić information content (AvgIpc) is 2.43. The molecule has 1 aromatic carbocycles. The molecule has 0 spiro atoms. The van der Waals surface area contributed by atoms with Crippen molar-refractivity contribution in [3.63, 3.8) is 0 Å². The van der Waals surface area contributed by atoms with Gasteiger partial charge < -0.3 is 5.32 Å². The fraction of sp³-hybridized carbons (Fsp3) is 0.647. The molecular weight excluding hydrogens is 287 g/mol. The second-order valence-corrected chi connectivity index (χ2v) is 6.87. The van der Waals surface area contributed by atoms with Gasteiger partial charge >= 0.3 is 0 Å². The van der Waals surface area contributed by atoms with Gasteiger partial charge in [0, 0.05) is 36.7 Å². The van der Waals surface area contributed by atoms with Crippen LogP contribution in [0.2, 0.25) is 5.02 Å². The minimum absolute atomic E-state index is 0.269. The van der Waals surface area contributed by atoms with E-state index in [-0.39, 0.29) is 5.82 Å². The van der Waals surface area contributed by atoms with E-state index in [1.165, 1.54) is 18.6 Å². The average molecular weight is 313 g/mol. The molecule has 2 rings (SSSR count). The van der Waals surface area contributed by atoms with E-state index in [0.29, 0.717) is 23.0 Å². The Morgan fingerprint density at radius 1 is 1.43 bits per heavy atom. The van der Waals surface area contributed by atoms with Gasteiger partial charge in [-0.3, -0.25) is 4.90 Å². The monoisotopic (exact) mass is 312 g/mol. The summed E-state index contributed by atoms with van der Waals surface area (Å²) in [5.41, 5.74) is 1.02. The molecule has 1 saturated heterocycles. The summed E-state index contributed by atoms with van der Waals surface area (Å²) in [5, 5.41) is 4.16. The van der Waals surface area contributed by atoms with Crippen molar-refractivity contribution < 1.29 is 4.39 Å². The van der Waals surface area contributed by atoms with Gasteiger partial charge in [0.05, 0.1) is 0 Å². The van der Waals surface area contributed by atoms with E-state index in [9.17, 15) is 4.39 Å². The van der Waals surface area contributed by atoms with Gasteiger partial charge in [0.15, 0.2) is 0 Å². The molecule has 118 valence electrons. The lowest BCUT2D eigenvalue weighted by Crippen LogP contribution is -2.56. The Bertz CT molecular complexity index is 464. The van der Waals surface area contributed by atoms with E-state index in [1.807, 2.05) is 6.07 Å². The predicted molar refractivity (Wildman–Crippen MR) is 87.1 cm³/mol. The van der Waals surface area contributed by atoms with Crippen LogP contribution in [0, 0.1) is 11.7 Å². The third-order valence-electron chi connectivity index (χ3n) is 4.24. The summed E-state index contributed by atoms with van der Waals surface area (Å²) in [6.45, 7) is 9.58. The summed E-state index contributed by atoms with van der Waals surface area (Å²) in [7, 11) is 0. The number of rotatable bonds is 5. The van der Waals surface area contributed by atoms with Crippen LogP contribution in [0.15, 0.2) is 18.2 Å². The third-order valence-corrected chi connectivity index (χ3v) is 4.59. The Labute approximate surface area is 132 Å². The molecule has 4 heteroatoms. The van der Waals surface area contributed by atoms with Crippen LogP contribution in [0.4, 0.5) is 4.39 Å². The van der Waals surface area contributed by atoms with Crippen LogP contribution in [-0.2, 0) is 6.54 Å². The molecule has 1 aromatic rings. The number of nitrogens with zero attached hydrogens (tertiary/aromatic N) is 1. The Morgan fingerprint density at radius 2 is 2.19 bits per heavy atom. The molecule has 1 aliphatic heterocycles. The molecule has 1 fully saturated rings. The lowest BCUT2D eigenvalue weighted by molar-refractivity contribution is 0.105. The van der Waals surface area contributed by atoms with Gasteiger partial charge in [0.25, 0.3) is 0 Å². The Balaban J connectivity index is 2.11. The molecule has 2 unspecified atom stereocenters. The zero-order valence-corrected chi connectivity index (χ0v) is 14.0. The van der Waals surface area contributed by atoms with Crippen molar-refractivity contribution >= 4 is 11.6 Å². The Hall–Kier alpha value is -0.640. The maximum absolute atomic E-state index is 13.2. The van der Waals surface area contributed by atoms with E-state index in [2.05, 4.69) is 31.0 Å². The van der Waals surface area contributed by atoms with Crippen molar-refractivity contribution in [2.45, 2.75) is 52.2 Å². The maximum atomic E-state index is 13.2. The fourth-order valence-corrected chi connectivity index (χ4v) is 3.27. The molecule has 0 amide bonds. The van der Waals surface area contributed by atoms with Gasteiger partial charge in [-0.25, -0.2) is 4.39 Å². The minimum Gasteiger partial charge on any atom is -0.311 e. The number of halogens is 2. The molecule has 2 nitrogen and oxygen atoms in total. The molecule has 0 aromatic heterocycles. The Morgan fingerprint density at radius 3 is 2.81 bits per heavy atom. The molecule has 1 aliphatic rings. The first-order valence-corrected chi connectivity index (χ1v) is 8.28. The van der Waals surface area contributed by atoms with Gasteiger partial charge in [0.1, 0.15) is 5.82 Å². The highest BCUT2D eigenvalue weighted by Gasteiger charge is 2.27. The highest BCUT2D eigenvalue weighted by atomic mass is 35.5. The summed E-state index contributed by atoms with van der Waals surface area (Å²) in [5.74, 6) is 0.399. The number of hydrogen-bond donors (Lipinski definition) is 1. The van der Waals surface area contributed by atoms with Crippen molar-refractivity contribution in [1.29, 1.82) is 0 Å². The topological polar surface area (TPSA) is 15.3 Å². The van der Waals surface area contributed by atoms with Crippen LogP contribution in [0.3, 0.4) is 0 Å². The van der Waals surface area contributed by atoms with Gasteiger partial charge in [-0.1, -0.05) is 38.4 Å². The van der Waals surface area contributed by atoms with Crippen LogP contribution in [0.5, 0.6) is 0 Å². The van der Waals surface area contributed by atoms with Crippen molar-refractivity contribution in [2.24, 2.45) is 5.92 Å². The first-order valence-electron chi connectivity index (χ1n) is 7.91. The lowest BCUT2D eigenvalue weighted by Gasteiger charge is -2.41. The smallest absolute Gasteiger partial charge is 0.124 e. The van der Waals surface area contributed by atoms with Crippen molar-refractivity contribution in [1.82, 2.24) is 10.2 Å². The summed E-state index contributed by atoms with van der Waals surface area (Å²) >= 11 is 6.19. The zero-order valence-electron chi connectivity index (χ0n) is 13.2. The molecule has 2 atom stereocenters. The van der Waals surface area contributed by atoms with E-state index < -0.39 is 0 Å². The van der Waals surface area contributed by atoms with Crippen molar-refractivity contribution in [2.75, 3.05) is 13.1 Å². The van der Waals surface area contributed by atoms with Gasteiger partial charge in [-0.2, -0.15) is 0 Å². The second-order valence-electron chi connectivity index (χ2n) is 6.46. The molecular formula is C17H26ClFN2. The fourth-order valence-electron chi connectivity index (χ4n) is 3.04. The van der Waals surface area contributed by atoms with Gasteiger partial charge in [0.2, 0.25) is 0 Å². The van der Waals surface area contributed by atoms with Gasteiger partial charge in [-0.05, 0) is 36.5 Å². The third kappa shape index (κ3) is 4.67. The van der Waals surface area contributed by atoms with Crippen LogP contribution in [0.1, 0.15) is 39.2 Å². The normalized spacial score (nSPS) is 23.7. The highest BCUT2D eigenvalue weighted by Crippen LogP contribution is 2.23. The standard InChI is InChI=1S/C17H26ClFN2/c1-4-15-11-21(16(9-20-15)7-12(2)3)10-13-5-6-14(19)8-17(13)18/h5-6,8,12,15-16,20H,4,7,9-11H2,1-3H3. The minimum atomic E-state index is -0.269. The summed E-state index contributed by atoms with van der Waals surface area (Å²) < 4.78 is 13.2. The summed E-state index contributed by atoms with van der Waals surface area (Å²) in [4.78, 5) is 2.50. The second kappa shape index (κ2) is 7.57. The van der Waals surface area contributed by atoms with E-state index in [4.69, 9.17) is 11.6 Å². The molecule has 0 radical (unpaired) electrons. The number of benzene rings is 1. The van der Waals surface area contributed by atoms with Crippen molar-refractivity contribution in [3.8, 4) is 0 Å². The first kappa shape index (κ1) is 16.7. The van der Waals surface area contributed by atoms with E-state index >= 15 is 0 Å². The summed E-state index contributed by atoms with van der Waals surface area (Å²) in [6.07, 6.45) is 2.30. The SMILES string of the molecule is CCC1CN(Cc2ccc(F)cc2Cl)C(CC(C)C)CN1. The molecule has 0 saturated carbocycles. The van der Waals surface area contributed by atoms with E-state index in [0.717, 1.165) is 31.6 Å². The molecule has 1 N–H and O–H groups in total. The molecule has 0 bridgehead atoms. The highest BCUT2D eigenvalue weighted by molar-refractivity contribution is 6.31. The van der Waals surface area contributed by atoms with Crippen LogP contribution in [-0.4, -0.2) is 30.1 Å². The first-order chi connectivity index (χ1) is 9.99. The van der Waals surface area contributed by atoms with Crippen LogP contribution >= 0.6 is 11.6 Å². The van der Waals surface area contributed by atoms with Crippen LogP contribution < -0.4 is 5.32 Å². The van der Waals surface area contributed by atoms with Crippen LogP contribution in [0.25, 0.3) is 0 Å². The van der Waals surface area contributed by atoms with Gasteiger partial charge in [-0.15, -0.1) is 0 Å². The van der Waals surface area contributed by atoms with E-state index in [1.54, 1.807) is 0 Å². The summed E-state index contributed by atoms with van der Waals surface area (Å²) in [6, 6.07) is 5.78. The number of hydrogen-bond acceptors (Lipinski definition) is 2.